The molecular formula is C17H21N5O4. The summed E-state index contributed by atoms with van der Waals surface area (Å²) in [6.07, 6.45) is 3.90. The van der Waals surface area contributed by atoms with Crippen molar-refractivity contribution in [3.8, 4) is 5.69 Å². The summed E-state index contributed by atoms with van der Waals surface area (Å²) in [6.45, 7) is 0. The molecule has 0 unspecified atom stereocenters. The first-order valence-electron chi connectivity index (χ1n) is 8.45. The van der Waals surface area contributed by atoms with E-state index in [-0.39, 0.29) is 23.7 Å². The van der Waals surface area contributed by atoms with Gasteiger partial charge in [-0.25, -0.2) is 9.59 Å². The van der Waals surface area contributed by atoms with Gasteiger partial charge < -0.3 is 15.7 Å². The number of carbonyl (C=O) groups excluding carboxylic acids is 1. The molecule has 1 fully saturated rings. The van der Waals surface area contributed by atoms with E-state index in [1.54, 1.807) is 31.3 Å². The fourth-order valence-corrected chi connectivity index (χ4v) is 3.08. The highest BCUT2D eigenvalue weighted by Gasteiger charge is 2.26. The molecule has 0 bridgehead atoms. The molecule has 3 rings (SSSR count). The Kier molecular flexibility index (Phi) is 5.06. The van der Waals surface area contributed by atoms with E-state index >= 15 is 0 Å². The number of aromatic nitrogens is 3. The highest BCUT2D eigenvalue weighted by molar-refractivity contribution is 5.89. The number of aryl methyl sites for hydroxylation is 1. The van der Waals surface area contributed by atoms with Crippen molar-refractivity contribution in [2.45, 2.75) is 31.7 Å². The topological polar surface area (TPSA) is 118 Å². The van der Waals surface area contributed by atoms with Crippen LogP contribution in [-0.2, 0) is 11.8 Å². The molecule has 26 heavy (non-hydrogen) atoms. The molecule has 9 nitrogen and oxygen atoms in total. The summed E-state index contributed by atoms with van der Waals surface area (Å²) < 4.78 is 2.64. The number of aliphatic carboxylic acids is 1. The van der Waals surface area contributed by atoms with Gasteiger partial charge in [-0.1, -0.05) is 0 Å². The summed E-state index contributed by atoms with van der Waals surface area (Å²) >= 11 is 0. The molecule has 1 aliphatic rings. The van der Waals surface area contributed by atoms with E-state index in [0.29, 0.717) is 37.1 Å². The van der Waals surface area contributed by atoms with Gasteiger partial charge in [0.05, 0.1) is 11.6 Å². The van der Waals surface area contributed by atoms with Gasteiger partial charge in [0.15, 0.2) is 0 Å². The standard InChI is InChI=1S/C17H21N5O4/c1-21-10-18-22(17(21)26)14-8-6-13(7-9-14)20-16(25)19-12-4-2-11(3-5-12)15(23)24/h6-12H,2-5H2,1H3,(H,23,24)(H2,19,20,25). The molecule has 1 heterocycles. The molecule has 0 radical (unpaired) electrons. The molecule has 1 aromatic heterocycles. The minimum atomic E-state index is -0.764. The van der Waals surface area contributed by atoms with Gasteiger partial charge in [-0.15, -0.1) is 0 Å². The minimum Gasteiger partial charge on any atom is -0.481 e. The van der Waals surface area contributed by atoms with Crippen LogP contribution >= 0.6 is 0 Å². The van der Waals surface area contributed by atoms with Crippen LogP contribution in [0.4, 0.5) is 10.5 Å². The lowest BCUT2D eigenvalue weighted by Gasteiger charge is -2.26. The first-order chi connectivity index (χ1) is 12.4. The molecule has 0 saturated heterocycles. The lowest BCUT2D eigenvalue weighted by molar-refractivity contribution is -0.142. The molecule has 0 aliphatic heterocycles. The molecule has 2 amide bonds. The number of hydrogen-bond acceptors (Lipinski definition) is 4. The second kappa shape index (κ2) is 7.42. The number of hydrogen-bond donors (Lipinski definition) is 3. The van der Waals surface area contributed by atoms with Gasteiger partial charge in [-0.3, -0.25) is 9.36 Å². The molecule has 2 aromatic rings. The second-order valence-electron chi connectivity index (χ2n) is 6.47. The van der Waals surface area contributed by atoms with Crippen molar-refractivity contribution in [2.24, 2.45) is 13.0 Å². The number of nitrogens with one attached hydrogen (secondary N) is 2. The van der Waals surface area contributed by atoms with Gasteiger partial charge in [0.25, 0.3) is 0 Å². The summed E-state index contributed by atoms with van der Waals surface area (Å²) in [6, 6.07) is 6.43. The first-order valence-corrected chi connectivity index (χ1v) is 8.45. The smallest absolute Gasteiger partial charge is 0.350 e. The SMILES string of the molecule is Cn1cnn(-c2ccc(NC(=O)NC3CCC(C(=O)O)CC3)cc2)c1=O. The third-order valence-corrected chi connectivity index (χ3v) is 4.60. The van der Waals surface area contributed by atoms with Crippen LogP contribution in [-0.4, -0.2) is 37.5 Å². The number of rotatable bonds is 4. The third kappa shape index (κ3) is 3.93. The Morgan fingerprint density at radius 2 is 1.81 bits per heavy atom. The Hall–Kier alpha value is -3.10. The van der Waals surface area contributed by atoms with E-state index in [4.69, 9.17) is 5.11 Å². The molecule has 1 aromatic carbocycles. The van der Waals surface area contributed by atoms with Gasteiger partial charge in [0.2, 0.25) is 0 Å². The molecule has 0 spiro atoms. The highest BCUT2D eigenvalue weighted by atomic mass is 16.4. The fraction of sp³-hybridized carbons (Fsp3) is 0.412. The van der Waals surface area contributed by atoms with E-state index in [2.05, 4.69) is 15.7 Å². The van der Waals surface area contributed by atoms with Gasteiger partial charge >= 0.3 is 17.7 Å². The summed E-state index contributed by atoms with van der Waals surface area (Å²) in [4.78, 5) is 34.9. The Bertz CT molecular complexity index is 847. The van der Waals surface area contributed by atoms with Crippen LogP contribution in [0.1, 0.15) is 25.7 Å². The van der Waals surface area contributed by atoms with Crippen LogP contribution in [0.5, 0.6) is 0 Å². The largest absolute Gasteiger partial charge is 0.481 e. The molecule has 1 aliphatic carbocycles. The summed E-state index contributed by atoms with van der Waals surface area (Å²) in [5.41, 5.74) is 0.948. The van der Waals surface area contributed by atoms with E-state index in [1.807, 2.05) is 0 Å². The molecular weight excluding hydrogens is 338 g/mol. The number of carboxylic acid groups (broad SMARTS) is 1. The van der Waals surface area contributed by atoms with Gasteiger partial charge in [0, 0.05) is 18.8 Å². The van der Waals surface area contributed by atoms with Crippen LogP contribution in [0.25, 0.3) is 5.69 Å². The number of carbonyl (C=O) groups is 2. The van der Waals surface area contributed by atoms with E-state index in [9.17, 15) is 14.4 Å². The van der Waals surface area contributed by atoms with E-state index in [1.165, 1.54) is 15.6 Å². The Morgan fingerprint density at radius 3 is 2.35 bits per heavy atom. The Labute approximate surface area is 149 Å². The molecule has 138 valence electrons. The number of nitrogens with zero attached hydrogens (tertiary/aromatic N) is 3. The minimum absolute atomic E-state index is 0.0167. The van der Waals surface area contributed by atoms with Crippen molar-refractivity contribution in [2.75, 3.05) is 5.32 Å². The predicted octanol–water partition coefficient (Wildman–Crippen LogP) is 1.34. The van der Waals surface area contributed by atoms with Crippen molar-refractivity contribution in [3.63, 3.8) is 0 Å². The normalized spacial score (nSPS) is 19.7. The fourth-order valence-electron chi connectivity index (χ4n) is 3.08. The van der Waals surface area contributed by atoms with Crippen LogP contribution in [0.3, 0.4) is 0 Å². The van der Waals surface area contributed by atoms with Crippen LogP contribution < -0.4 is 16.3 Å². The molecule has 3 N–H and O–H groups in total. The maximum atomic E-state index is 12.1. The maximum absolute atomic E-state index is 12.1. The number of anilines is 1. The van der Waals surface area contributed by atoms with Crippen LogP contribution in [0, 0.1) is 5.92 Å². The van der Waals surface area contributed by atoms with Crippen LogP contribution in [0.15, 0.2) is 35.4 Å². The first kappa shape index (κ1) is 17.7. The zero-order valence-electron chi connectivity index (χ0n) is 14.4. The van der Waals surface area contributed by atoms with Crippen molar-refractivity contribution >= 4 is 17.7 Å². The lowest BCUT2D eigenvalue weighted by atomic mass is 9.86. The Morgan fingerprint density at radius 1 is 1.15 bits per heavy atom. The predicted molar refractivity (Wildman–Crippen MR) is 94.3 cm³/mol. The Balaban J connectivity index is 1.54. The average Bonchev–Trinajstić information content (AvgIpc) is 2.95. The second-order valence-corrected chi connectivity index (χ2v) is 6.47. The highest BCUT2D eigenvalue weighted by Crippen LogP contribution is 2.24. The zero-order valence-corrected chi connectivity index (χ0v) is 14.4. The lowest BCUT2D eigenvalue weighted by Crippen LogP contribution is -2.40. The average molecular weight is 359 g/mol. The number of amides is 2. The van der Waals surface area contributed by atoms with Crippen molar-refractivity contribution < 1.29 is 14.7 Å². The van der Waals surface area contributed by atoms with Crippen molar-refractivity contribution in [3.05, 3.63) is 41.1 Å². The number of benzene rings is 1. The van der Waals surface area contributed by atoms with Crippen molar-refractivity contribution in [1.29, 1.82) is 0 Å². The van der Waals surface area contributed by atoms with Crippen molar-refractivity contribution in [1.82, 2.24) is 19.7 Å². The zero-order chi connectivity index (χ0) is 18.7. The third-order valence-electron chi connectivity index (χ3n) is 4.60. The van der Waals surface area contributed by atoms with E-state index < -0.39 is 5.97 Å². The van der Waals surface area contributed by atoms with Gasteiger partial charge in [-0.2, -0.15) is 9.78 Å². The van der Waals surface area contributed by atoms with Gasteiger partial charge in [-0.05, 0) is 49.9 Å². The maximum Gasteiger partial charge on any atom is 0.350 e. The summed E-state index contributed by atoms with van der Waals surface area (Å²) in [7, 11) is 1.62. The number of urea groups is 1. The molecule has 0 atom stereocenters. The quantitative estimate of drug-likeness (QED) is 0.761. The van der Waals surface area contributed by atoms with E-state index in [0.717, 1.165) is 0 Å². The number of carboxylic acids is 1. The summed E-state index contributed by atoms with van der Waals surface area (Å²) in [5.74, 6) is -1.07. The molecule has 1 saturated carbocycles. The van der Waals surface area contributed by atoms with Crippen LogP contribution in [0.2, 0.25) is 0 Å². The summed E-state index contributed by atoms with van der Waals surface area (Å²) in [5, 5.41) is 18.6. The monoisotopic (exact) mass is 359 g/mol. The molecule has 9 heteroatoms. The van der Waals surface area contributed by atoms with Gasteiger partial charge in [0.1, 0.15) is 6.33 Å².